The largest absolute Gasteiger partial charge is 0.493 e. The highest BCUT2D eigenvalue weighted by atomic mass is 35.5. The van der Waals surface area contributed by atoms with Crippen LogP contribution in [0.5, 0.6) is 11.5 Å². The number of ether oxygens (including phenoxy) is 2. The SMILES string of the molecule is CCCC(=O)Oc1c(N)cccc1OC.Cl. The van der Waals surface area contributed by atoms with Crippen molar-refractivity contribution in [3.8, 4) is 11.5 Å². The van der Waals surface area contributed by atoms with E-state index in [9.17, 15) is 4.79 Å². The Kier molecular flexibility index (Phi) is 6.34. The fourth-order valence-electron chi connectivity index (χ4n) is 1.17. The number of para-hydroxylation sites is 1. The zero-order valence-corrected chi connectivity index (χ0v) is 10.2. The Hall–Kier alpha value is -1.42. The molecule has 0 aromatic heterocycles. The number of methoxy groups -OCH3 is 1. The lowest BCUT2D eigenvalue weighted by molar-refractivity contribution is -0.134. The fraction of sp³-hybridized carbons (Fsp3) is 0.364. The summed E-state index contributed by atoms with van der Waals surface area (Å²) in [7, 11) is 1.51. The molecule has 0 radical (unpaired) electrons. The number of nitrogen functional groups attached to an aromatic ring is 1. The molecule has 0 heterocycles. The molecule has 1 rings (SSSR count). The van der Waals surface area contributed by atoms with Gasteiger partial charge in [0, 0.05) is 6.42 Å². The van der Waals surface area contributed by atoms with Crippen LogP contribution in [0.25, 0.3) is 0 Å². The van der Waals surface area contributed by atoms with Gasteiger partial charge in [-0.05, 0) is 18.6 Å². The predicted octanol–water partition coefficient (Wildman–Crippen LogP) is 2.40. The Labute approximate surface area is 101 Å². The van der Waals surface area contributed by atoms with Crippen molar-refractivity contribution in [3.63, 3.8) is 0 Å². The summed E-state index contributed by atoms with van der Waals surface area (Å²) in [4.78, 5) is 11.3. The average molecular weight is 246 g/mol. The quantitative estimate of drug-likeness (QED) is 0.503. The van der Waals surface area contributed by atoms with Crippen LogP contribution in [0.15, 0.2) is 18.2 Å². The minimum atomic E-state index is -0.297. The molecule has 1 aromatic rings. The summed E-state index contributed by atoms with van der Waals surface area (Å²) in [6, 6.07) is 5.10. The third-order valence-electron chi connectivity index (χ3n) is 1.90. The van der Waals surface area contributed by atoms with Gasteiger partial charge in [0.1, 0.15) is 0 Å². The lowest BCUT2D eigenvalue weighted by Crippen LogP contribution is -2.09. The number of esters is 1. The Morgan fingerprint density at radius 1 is 1.44 bits per heavy atom. The number of halogens is 1. The molecular formula is C11H16ClNO3. The molecule has 0 saturated carbocycles. The molecule has 0 aliphatic carbocycles. The standard InChI is InChI=1S/C11H15NO3.ClH/c1-3-5-10(13)15-11-8(12)6-4-7-9(11)14-2;/h4,6-7H,3,5,12H2,1-2H3;1H. The number of hydrogen-bond donors (Lipinski definition) is 1. The third-order valence-corrected chi connectivity index (χ3v) is 1.90. The van der Waals surface area contributed by atoms with Gasteiger partial charge in [0.2, 0.25) is 0 Å². The van der Waals surface area contributed by atoms with Crippen LogP contribution in [0, 0.1) is 0 Å². The molecule has 0 amide bonds. The number of benzene rings is 1. The lowest BCUT2D eigenvalue weighted by Gasteiger charge is -2.10. The first kappa shape index (κ1) is 14.6. The number of hydrogen-bond acceptors (Lipinski definition) is 4. The predicted molar refractivity (Wildman–Crippen MR) is 65.2 cm³/mol. The van der Waals surface area contributed by atoms with Gasteiger partial charge in [-0.15, -0.1) is 12.4 Å². The van der Waals surface area contributed by atoms with Crippen molar-refractivity contribution in [1.82, 2.24) is 0 Å². The van der Waals surface area contributed by atoms with Crippen molar-refractivity contribution in [2.45, 2.75) is 19.8 Å². The fourth-order valence-corrected chi connectivity index (χ4v) is 1.17. The molecule has 2 N–H and O–H groups in total. The summed E-state index contributed by atoms with van der Waals surface area (Å²) >= 11 is 0. The molecule has 0 atom stereocenters. The zero-order chi connectivity index (χ0) is 11.3. The van der Waals surface area contributed by atoms with Gasteiger partial charge in [0.15, 0.2) is 11.5 Å². The van der Waals surface area contributed by atoms with E-state index < -0.39 is 0 Å². The first-order valence-corrected chi connectivity index (χ1v) is 4.82. The molecule has 0 spiro atoms. The topological polar surface area (TPSA) is 61.5 Å². The first-order chi connectivity index (χ1) is 7.19. The van der Waals surface area contributed by atoms with Gasteiger partial charge in [-0.2, -0.15) is 0 Å². The molecule has 90 valence electrons. The van der Waals surface area contributed by atoms with E-state index in [0.717, 1.165) is 6.42 Å². The lowest BCUT2D eigenvalue weighted by atomic mass is 10.2. The highest BCUT2D eigenvalue weighted by Gasteiger charge is 2.12. The van der Waals surface area contributed by atoms with Gasteiger partial charge in [-0.1, -0.05) is 13.0 Å². The minimum Gasteiger partial charge on any atom is -0.493 e. The zero-order valence-electron chi connectivity index (χ0n) is 9.36. The second-order valence-corrected chi connectivity index (χ2v) is 3.10. The van der Waals surface area contributed by atoms with Crippen LogP contribution < -0.4 is 15.2 Å². The van der Waals surface area contributed by atoms with Crippen LogP contribution in [0.2, 0.25) is 0 Å². The summed E-state index contributed by atoms with van der Waals surface area (Å²) in [6.45, 7) is 1.91. The first-order valence-electron chi connectivity index (χ1n) is 4.82. The molecule has 1 aromatic carbocycles. The van der Waals surface area contributed by atoms with Gasteiger partial charge >= 0.3 is 5.97 Å². The second kappa shape index (κ2) is 6.95. The van der Waals surface area contributed by atoms with E-state index >= 15 is 0 Å². The highest BCUT2D eigenvalue weighted by Crippen LogP contribution is 2.33. The smallest absolute Gasteiger partial charge is 0.311 e. The minimum absolute atomic E-state index is 0. The van der Waals surface area contributed by atoms with E-state index in [2.05, 4.69) is 0 Å². The van der Waals surface area contributed by atoms with Crippen molar-refractivity contribution in [1.29, 1.82) is 0 Å². The van der Waals surface area contributed by atoms with Crippen molar-refractivity contribution in [2.24, 2.45) is 0 Å². The van der Waals surface area contributed by atoms with Crippen molar-refractivity contribution < 1.29 is 14.3 Å². The van der Waals surface area contributed by atoms with Gasteiger partial charge in [-0.25, -0.2) is 0 Å². The van der Waals surface area contributed by atoms with Crippen LogP contribution in [-0.2, 0) is 4.79 Å². The molecule has 5 heteroatoms. The van der Waals surface area contributed by atoms with E-state index in [4.69, 9.17) is 15.2 Å². The van der Waals surface area contributed by atoms with Gasteiger partial charge in [-0.3, -0.25) is 4.79 Å². The number of rotatable bonds is 4. The molecule has 0 bridgehead atoms. The molecular weight excluding hydrogens is 230 g/mol. The maximum atomic E-state index is 11.3. The highest BCUT2D eigenvalue weighted by molar-refractivity contribution is 5.85. The van der Waals surface area contributed by atoms with E-state index in [-0.39, 0.29) is 18.4 Å². The van der Waals surface area contributed by atoms with Gasteiger partial charge < -0.3 is 15.2 Å². The van der Waals surface area contributed by atoms with Crippen LogP contribution in [0.3, 0.4) is 0 Å². The van der Waals surface area contributed by atoms with E-state index in [1.165, 1.54) is 7.11 Å². The van der Waals surface area contributed by atoms with Crippen molar-refractivity contribution >= 4 is 24.1 Å². The summed E-state index contributed by atoms with van der Waals surface area (Å²) in [6.07, 6.45) is 1.12. The maximum Gasteiger partial charge on any atom is 0.311 e. The van der Waals surface area contributed by atoms with E-state index in [0.29, 0.717) is 23.6 Å². The van der Waals surface area contributed by atoms with E-state index in [1.807, 2.05) is 6.92 Å². The van der Waals surface area contributed by atoms with Gasteiger partial charge in [0.05, 0.1) is 12.8 Å². The average Bonchev–Trinajstić information content (AvgIpc) is 2.21. The Morgan fingerprint density at radius 3 is 2.69 bits per heavy atom. The molecule has 0 saturated heterocycles. The monoisotopic (exact) mass is 245 g/mol. The summed E-state index contributed by atoms with van der Waals surface area (Å²) in [5.41, 5.74) is 6.09. The normalized spacial score (nSPS) is 9.12. The van der Waals surface area contributed by atoms with Crippen molar-refractivity contribution in [2.75, 3.05) is 12.8 Å². The molecule has 0 aliphatic rings. The van der Waals surface area contributed by atoms with E-state index in [1.54, 1.807) is 18.2 Å². The number of carbonyl (C=O) groups is 1. The van der Waals surface area contributed by atoms with Crippen LogP contribution in [-0.4, -0.2) is 13.1 Å². The van der Waals surface area contributed by atoms with Crippen LogP contribution in [0.4, 0.5) is 5.69 Å². The maximum absolute atomic E-state index is 11.3. The third kappa shape index (κ3) is 3.62. The molecule has 0 fully saturated rings. The Morgan fingerprint density at radius 2 is 2.12 bits per heavy atom. The summed E-state index contributed by atoms with van der Waals surface area (Å²) < 4.78 is 10.2. The molecule has 0 aliphatic heterocycles. The van der Waals surface area contributed by atoms with Crippen LogP contribution in [0.1, 0.15) is 19.8 Å². The van der Waals surface area contributed by atoms with Crippen LogP contribution >= 0.6 is 12.4 Å². The Bertz CT molecular complexity index is 355. The number of nitrogens with two attached hydrogens (primary N) is 1. The molecule has 0 unspecified atom stereocenters. The Balaban J connectivity index is 0.00000225. The number of anilines is 1. The summed E-state index contributed by atoms with van der Waals surface area (Å²) in [5, 5.41) is 0. The number of carbonyl (C=O) groups excluding carboxylic acids is 1. The molecule has 16 heavy (non-hydrogen) atoms. The molecule has 4 nitrogen and oxygen atoms in total. The van der Waals surface area contributed by atoms with Gasteiger partial charge in [0.25, 0.3) is 0 Å². The second-order valence-electron chi connectivity index (χ2n) is 3.10. The van der Waals surface area contributed by atoms with Crippen molar-refractivity contribution in [3.05, 3.63) is 18.2 Å². The summed E-state index contributed by atoms with van der Waals surface area (Å²) in [5.74, 6) is 0.478.